The number of aromatic nitrogens is 4. The van der Waals surface area contributed by atoms with Gasteiger partial charge in [-0.1, -0.05) is 77.4 Å². The van der Waals surface area contributed by atoms with Gasteiger partial charge in [0.1, 0.15) is 17.3 Å². The standard InChI is InChI=1S/C48H54N4O/c1-29(2)15-18-44-48(47-33(8)22-32(7)23-34(47)9)35(10)50-52(44)38-25-37(31(5)6)26-40(27-38)53-39-16-17-42-41-13-11-12-14-43(41)51(45(42)28-39)46-24-36(19-20-49-46)21-30(3)4/h11-14,16-17,19-20,22-31H,15,18,21H2,1-10H3. The van der Waals surface area contributed by atoms with Crippen LogP contribution in [0.4, 0.5) is 0 Å². The van der Waals surface area contributed by atoms with Gasteiger partial charge in [-0.15, -0.1) is 0 Å². The lowest BCUT2D eigenvalue weighted by Crippen LogP contribution is -2.06. The zero-order chi connectivity index (χ0) is 37.6. The number of aryl methyl sites for hydroxylation is 4. The van der Waals surface area contributed by atoms with Gasteiger partial charge in [0.15, 0.2) is 0 Å². The van der Waals surface area contributed by atoms with Gasteiger partial charge in [0.05, 0.1) is 28.1 Å². The van der Waals surface area contributed by atoms with Crippen LogP contribution in [-0.2, 0) is 12.8 Å². The Morgan fingerprint density at radius 1 is 0.679 bits per heavy atom. The van der Waals surface area contributed by atoms with Gasteiger partial charge in [-0.2, -0.15) is 5.10 Å². The van der Waals surface area contributed by atoms with Crippen molar-refractivity contribution in [3.8, 4) is 34.1 Å². The van der Waals surface area contributed by atoms with E-state index in [1.807, 2.05) is 6.20 Å². The summed E-state index contributed by atoms with van der Waals surface area (Å²) in [6, 6.07) is 30.6. The highest BCUT2D eigenvalue weighted by Crippen LogP contribution is 2.39. The maximum Gasteiger partial charge on any atom is 0.137 e. The quantitative estimate of drug-likeness (QED) is 0.135. The Kier molecular flexibility index (Phi) is 10.0. The van der Waals surface area contributed by atoms with Gasteiger partial charge < -0.3 is 4.74 Å². The van der Waals surface area contributed by atoms with Gasteiger partial charge in [-0.3, -0.25) is 4.57 Å². The zero-order valence-corrected chi connectivity index (χ0v) is 33.2. The Morgan fingerprint density at radius 2 is 1.42 bits per heavy atom. The first-order valence-electron chi connectivity index (χ1n) is 19.4. The van der Waals surface area contributed by atoms with Crippen molar-refractivity contribution < 1.29 is 4.74 Å². The van der Waals surface area contributed by atoms with Gasteiger partial charge in [0.2, 0.25) is 0 Å². The topological polar surface area (TPSA) is 44.9 Å². The number of nitrogens with zero attached hydrogens (tertiary/aromatic N) is 4. The summed E-state index contributed by atoms with van der Waals surface area (Å²) >= 11 is 0. The Morgan fingerprint density at radius 3 is 2.13 bits per heavy atom. The lowest BCUT2D eigenvalue weighted by atomic mass is 9.90. The Hall–Kier alpha value is -5.16. The van der Waals surface area contributed by atoms with Gasteiger partial charge in [-0.25, -0.2) is 9.67 Å². The first-order chi connectivity index (χ1) is 25.4. The van der Waals surface area contributed by atoms with E-state index in [1.165, 1.54) is 55.4 Å². The Labute approximate surface area is 315 Å². The third-order valence-electron chi connectivity index (χ3n) is 10.4. The first kappa shape index (κ1) is 36.2. The van der Waals surface area contributed by atoms with Crippen molar-refractivity contribution >= 4 is 21.8 Å². The molecular formula is C48H54N4O. The molecule has 3 heterocycles. The van der Waals surface area contributed by atoms with Crippen molar-refractivity contribution in [1.82, 2.24) is 19.3 Å². The minimum Gasteiger partial charge on any atom is -0.457 e. The van der Waals surface area contributed by atoms with Gasteiger partial charge in [-0.05, 0) is 135 Å². The van der Waals surface area contributed by atoms with E-state index in [4.69, 9.17) is 14.8 Å². The predicted molar refractivity (Wildman–Crippen MR) is 222 cm³/mol. The van der Waals surface area contributed by atoms with Crippen LogP contribution in [0.1, 0.15) is 93.1 Å². The van der Waals surface area contributed by atoms with Gasteiger partial charge in [0, 0.05) is 34.7 Å². The summed E-state index contributed by atoms with van der Waals surface area (Å²) in [4.78, 5) is 4.87. The van der Waals surface area contributed by atoms with Crippen LogP contribution in [0.25, 0.3) is 44.4 Å². The van der Waals surface area contributed by atoms with Crippen LogP contribution in [0.5, 0.6) is 11.5 Å². The molecule has 0 radical (unpaired) electrons. The second-order valence-electron chi connectivity index (χ2n) is 16.2. The highest BCUT2D eigenvalue weighted by Gasteiger charge is 2.23. The monoisotopic (exact) mass is 702 g/mol. The Balaban J connectivity index is 1.35. The van der Waals surface area contributed by atoms with Crippen LogP contribution in [-0.4, -0.2) is 19.3 Å². The molecule has 0 fully saturated rings. The molecular weight excluding hydrogens is 649 g/mol. The summed E-state index contributed by atoms with van der Waals surface area (Å²) in [5.74, 6) is 3.96. The SMILES string of the molecule is Cc1cc(C)c(-c2c(C)nn(-c3cc(Oc4ccc5c6ccccc6n(-c6cc(CC(C)C)ccn6)c5c4)cc(C(C)C)c3)c2CCC(C)C)c(C)c1. The number of fused-ring (bicyclic) bond motifs is 3. The fraction of sp³-hybridized carbons (Fsp3) is 0.333. The number of hydrogen-bond donors (Lipinski definition) is 0. The molecule has 5 heteroatoms. The summed E-state index contributed by atoms with van der Waals surface area (Å²) < 4.78 is 11.3. The van der Waals surface area contributed by atoms with E-state index in [1.54, 1.807) is 0 Å². The van der Waals surface area contributed by atoms with E-state index in [2.05, 4.69) is 163 Å². The van der Waals surface area contributed by atoms with Crippen molar-refractivity contribution in [2.24, 2.45) is 11.8 Å². The average molecular weight is 703 g/mol. The molecule has 0 spiro atoms. The van der Waals surface area contributed by atoms with Crippen molar-refractivity contribution in [1.29, 1.82) is 0 Å². The summed E-state index contributed by atoms with van der Waals surface area (Å²) in [7, 11) is 0. The van der Waals surface area contributed by atoms with Gasteiger partial charge in [0.25, 0.3) is 0 Å². The van der Waals surface area contributed by atoms with Crippen LogP contribution < -0.4 is 4.74 Å². The number of para-hydroxylation sites is 1. The fourth-order valence-corrected chi connectivity index (χ4v) is 8.04. The number of ether oxygens (including phenoxy) is 1. The molecule has 0 unspecified atom stereocenters. The highest BCUT2D eigenvalue weighted by atomic mass is 16.5. The van der Waals surface area contributed by atoms with E-state index < -0.39 is 0 Å². The summed E-state index contributed by atoms with van der Waals surface area (Å²) in [6.07, 6.45) is 4.97. The molecule has 0 aliphatic carbocycles. The lowest BCUT2D eigenvalue weighted by molar-refractivity contribution is 0.481. The van der Waals surface area contributed by atoms with Crippen molar-refractivity contribution in [2.75, 3.05) is 0 Å². The molecule has 5 nitrogen and oxygen atoms in total. The minimum absolute atomic E-state index is 0.309. The zero-order valence-electron chi connectivity index (χ0n) is 33.2. The largest absolute Gasteiger partial charge is 0.457 e. The average Bonchev–Trinajstić information content (AvgIpc) is 3.60. The van der Waals surface area contributed by atoms with Crippen molar-refractivity contribution in [3.63, 3.8) is 0 Å². The summed E-state index contributed by atoms with van der Waals surface area (Å²) in [5, 5.41) is 7.65. The molecule has 0 saturated heterocycles. The number of benzene rings is 4. The van der Waals surface area contributed by atoms with E-state index >= 15 is 0 Å². The van der Waals surface area contributed by atoms with E-state index in [9.17, 15) is 0 Å². The maximum atomic E-state index is 6.84. The molecule has 53 heavy (non-hydrogen) atoms. The van der Waals surface area contributed by atoms with Crippen LogP contribution >= 0.6 is 0 Å². The normalized spacial score (nSPS) is 11.9. The number of pyridine rings is 1. The molecule has 0 bridgehead atoms. The molecule has 0 N–H and O–H groups in total. The van der Waals surface area contributed by atoms with Gasteiger partial charge >= 0.3 is 0 Å². The van der Waals surface area contributed by atoms with E-state index in [-0.39, 0.29) is 0 Å². The molecule has 0 atom stereocenters. The number of rotatable bonds is 11. The first-order valence-corrected chi connectivity index (χ1v) is 19.4. The molecule has 0 aliphatic heterocycles. The van der Waals surface area contributed by atoms with Crippen LogP contribution in [0, 0.1) is 39.5 Å². The number of hydrogen-bond acceptors (Lipinski definition) is 3. The van der Waals surface area contributed by atoms with E-state index in [0.29, 0.717) is 17.8 Å². The second-order valence-corrected chi connectivity index (χ2v) is 16.2. The third kappa shape index (κ3) is 7.27. The molecule has 7 aromatic rings. The highest BCUT2D eigenvalue weighted by molar-refractivity contribution is 6.09. The summed E-state index contributed by atoms with van der Waals surface area (Å²) in [5.41, 5.74) is 14.5. The molecule has 0 amide bonds. The maximum absolute atomic E-state index is 6.84. The predicted octanol–water partition coefficient (Wildman–Crippen LogP) is 13.0. The smallest absolute Gasteiger partial charge is 0.137 e. The second kappa shape index (κ2) is 14.7. The van der Waals surface area contributed by atoms with Crippen LogP contribution in [0.15, 0.2) is 91.1 Å². The van der Waals surface area contributed by atoms with Crippen molar-refractivity contribution in [2.45, 2.75) is 94.4 Å². The van der Waals surface area contributed by atoms with Crippen LogP contribution in [0.2, 0.25) is 0 Å². The van der Waals surface area contributed by atoms with Crippen molar-refractivity contribution in [3.05, 3.63) is 130 Å². The molecule has 7 rings (SSSR count). The minimum atomic E-state index is 0.309. The Bertz CT molecular complexity index is 2420. The molecule has 4 aromatic carbocycles. The molecule has 272 valence electrons. The molecule has 0 saturated carbocycles. The lowest BCUT2D eigenvalue weighted by Gasteiger charge is -2.17. The molecule has 3 aromatic heterocycles. The fourth-order valence-electron chi connectivity index (χ4n) is 8.04. The molecule has 0 aliphatic rings. The van der Waals surface area contributed by atoms with E-state index in [0.717, 1.165) is 59.0 Å². The third-order valence-corrected chi connectivity index (χ3v) is 10.4. The van der Waals surface area contributed by atoms with Crippen LogP contribution in [0.3, 0.4) is 0 Å². The summed E-state index contributed by atoms with van der Waals surface area (Å²) in [6.45, 7) is 22.4.